The Morgan fingerprint density at radius 1 is 1.20 bits per heavy atom. The highest BCUT2D eigenvalue weighted by atomic mass is 35.5. The molecule has 16 heteroatoms. The predicted octanol–water partition coefficient (Wildman–Crippen LogP) is 4.77. The van der Waals surface area contributed by atoms with E-state index < -0.39 is 23.3 Å². The number of pyridine rings is 2. The Bertz CT molecular complexity index is 1830. The Hall–Kier alpha value is -4.37. The lowest BCUT2D eigenvalue weighted by Gasteiger charge is -2.25. The maximum atomic E-state index is 13.8. The van der Waals surface area contributed by atoms with Gasteiger partial charge in [-0.25, -0.2) is 14.5 Å². The monoisotopic (exact) mass is 589 g/mol. The molecule has 1 saturated heterocycles. The molecule has 0 saturated carbocycles. The molecule has 6 heterocycles. The minimum atomic E-state index is -4.67. The molecule has 1 fully saturated rings. The average molecular weight is 590 g/mol. The van der Waals surface area contributed by atoms with E-state index in [1.165, 1.54) is 17.0 Å². The Kier molecular flexibility index (Phi) is 6.69. The van der Waals surface area contributed by atoms with Crippen molar-refractivity contribution in [2.24, 2.45) is 7.05 Å². The van der Waals surface area contributed by atoms with E-state index in [9.17, 15) is 18.0 Å². The third-order valence-corrected chi connectivity index (χ3v) is 7.17. The molecule has 6 rings (SSSR count). The molecule has 2 N–H and O–H groups in total. The fourth-order valence-corrected chi connectivity index (χ4v) is 5.07. The smallest absolute Gasteiger partial charge is 0.417 e. The Balaban J connectivity index is 1.38. The zero-order valence-corrected chi connectivity index (χ0v) is 22.5. The summed E-state index contributed by atoms with van der Waals surface area (Å²) in [7, 11) is 3.31. The molecule has 1 aliphatic heterocycles. The first-order valence-corrected chi connectivity index (χ1v) is 12.9. The van der Waals surface area contributed by atoms with Crippen molar-refractivity contribution < 1.29 is 22.6 Å². The summed E-state index contributed by atoms with van der Waals surface area (Å²) in [6.07, 6.45) is 3.44. The van der Waals surface area contributed by atoms with Crippen molar-refractivity contribution in [2.75, 3.05) is 30.9 Å². The van der Waals surface area contributed by atoms with Crippen LogP contribution in [0.5, 0.6) is 11.5 Å². The maximum absolute atomic E-state index is 13.8. The van der Waals surface area contributed by atoms with Crippen LogP contribution in [0.2, 0.25) is 5.02 Å². The van der Waals surface area contributed by atoms with Gasteiger partial charge in [-0.1, -0.05) is 11.6 Å². The molecule has 214 valence electrons. The van der Waals surface area contributed by atoms with Gasteiger partial charge < -0.3 is 29.2 Å². The molecular formula is C25H23ClF3N9O3. The van der Waals surface area contributed by atoms with E-state index in [4.69, 9.17) is 21.1 Å². The fourth-order valence-electron chi connectivity index (χ4n) is 4.77. The van der Waals surface area contributed by atoms with Crippen molar-refractivity contribution in [3.05, 3.63) is 58.0 Å². The molecule has 0 aliphatic carbocycles. The van der Waals surface area contributed by atoms with Crippen LogP contribution in [0.1, 0.15) is 24.4 Å². The molecule has 1 aliphatic rings. The van der Waals surface area contributed by atoms with Crippen LogP contribution < -0.4 is 20.9 Å². The summed E-state index contributed by atoms with van der Waals surface area (Å²) in [5, 5.41) is 10.1. The number of fused-ring (bicyclic) bond motifs is 2. The van der Waals surface area contributed by atoms with Gasteiger partial charge >= 0.3 is 6.18 Å². The van der Waals surface area contributed by atoms with Gasteiger partial charge in [0, 0.05) is 39.3 Å². The lowest BCUT2D eigenvalue weighted by Crippen LogP contribution is -2.32. The largest absolute Gasteiger partial charge is 0.450 e. The maximum Gasteiger partial charge on any atom is 0.417 e. The minimum absolute atomic E-state index is 0.0621. The summed E-state index contributed by atoms with van der Waals surface area (Å²) < 4.78 is 56.9. The number of halogens is 4. The highest BCUT2D eigenvalue weighted by Gasteiger charge is 2.33. The predicted molar refractivity (Wildman–Crippen MR) is 144 cm³/mol. The first-order valence-electron chi connectivity index (χ1n) is 12.5. The van der Waals surface area contributed by atoms with Crippen molar-refractivity contribution in [3.63, 3.8) is 0 Å². The Labute approximate surface area is 234 Å². The van der Waals surface area contributed by atoms with Crippen LogP contribution in [0.3, 0.4) is 0 Å². The molecule has 5 aromatic heterocycles. The minimum Gasteiger partial charge on any atom is -0.450 e. The number of nitrogens with one attached hydrogen (secondary N) is 2. The molecule has 0 spiro atoms. The van der Waals surface area contributed by atoms with Gasteiger partial charge in [-0.05, 0) is 18.9 Å². The number of anilines is 3. The number of alkyl halides is 3. The molecular weight excluding hydrogens is 567 g/mol. The summed E-state index contributed by atoms with van der Waals surface area (Å²) in [5.74, 6) is 1.14. The SMILES string of the molecule is CNc1nccn2ncc(Oc3cnc4nc(Nc5cc(C(F)(F)F)cn([C@@H]6CCCOC6)c5=O)n(C)c4c3Cl)c12. The van der Waals surface area contributed by atoms with Gasteiger partial charge in [-0.2, -0.15) is 23.3 Å². The van der Waals surface area contributed by atoms with Crippen LogP contribution in [-0.4, -0.2) is 54.0 Å². The number of imidazole rings is 1. The van der Waals surface area contributed by atoms with Crippen LogP contribution in [0.25, 0.3) is 16.7 Å². The van der Waals surface area contributed by atoms with E-state index in [0.717, 1.165) is 16.8 Å². The second kappa shape index (κ2) is 10.2. The number of aryl methyl sites for hydroxylation is 1. The number of aromatic nitrogens is 7. The van der Waals surface area contributed by atoms with E-state index in [-0.39, 0.29) is 34.7 Å². The molecule has 0 amide bonds. The summed E-state index contributed by atoms with van der Waals surface area (Å²) in [6, 6.07) is 0.248. The zero-order chi connectivity index (χ0) is 28.9. The fraction of sp³-hybridized carbons (Fsp3) is 0.320. The number of nitrogens with zero attached hydrogens (tertiary/aromatic N) is 7. The summed E-state index contributed by atoms with van der Waals surface area (Å²) in [6.45, 7) is 0.646. The molecule has 5 aromatic rings. The normalized spacial score (nSPS) is 15.9. The van der Waals surface area contributed by atoms with Gasteiger partial charge in [0.2, 0.25) is 5.95 Å². The topological polar surface area (TPSA) is 125 Å². The first kappa shape index (κ1) is 26.8. The van der Waals surface area contributed by atoms with Gasteiger partial charge in [-0.15, -0.1) is 0 Å². The third kappa shape index (κ3) is 4.80. The van der Waals surface area contributed by atoms with Crippen LogP contribution in [0.15, 0.2) is 41.8 Å². The molecule has 0 aromatic carbocycles. The van der Waals surface area contributed by atoms with Crippen molar-refractivity contribution in [2.45, 2.75) is 25.1 Å². The summed E-state index contributed by atoms with van der Waals surface area (Å²) in [5.41, 5.74) is -0.802. The van der Waals surface area contributed by atoms with Crippen LogP contribution in [0.4, 0.5) is 30.6 Å². The lowest BCUT2D eigenvalue weighted by atomic mass is 10.1. The van der Waals surface area contributed by atoms with Crippen LogP contribution in [0, 0.1) is 0 Å². The standard InChI is InChI=1S/C25H23ClF3N9O3/c1-30-21-19-17(10-33-38(19)6-5-31-21)41-16-9-32-22-20(18(16)26)36(2)24(35-22)34-15-8-13(25(27,28)29)11-37(23(15)39)14-4-3-7-40-12-14/h5-6,8-11,14H,3-4,7,12H2,1-2H3,(H,30,31)(H,32,34,35)/t14-/m1/s1. The average Bonchev–Trinajstić information content (AvgIpc) is 3.52. The second-order valence-corrected chi connectivity index (χ2v) is 9.76. The highest BCUT2D eigenvalue weighted by Crippen LogP contribution is 2.38. The van der Waals surface area contributed by atoms with Crippen molar-refractivity contribution in [3.8, 4) is 11.5 Å². The molecule has 0 unspecified atom stereocenters. The lowest BCUT2D eigenvalue weighted by molar-refractivity contribution is -0.138. The van der Waals surface area contributed by atoms with Crippen LogP contribution >= 0.6 is 11.6 Å². The number of hydrogen-bond acceptors (Lipinski definition) is 9. The Morgan fingerprint density at radius 3 is 2.76 bits per heavy atom. The van der Waals surface area contributed by atoms with Gasteiger partial charge in [0.25, 0.3) is 5.56 Å². The summed E-state index contributed by atoms with van der Waals surface area (Å²) in [4.78, 5) is 26.3. The molecule has 12 nitrogen and oxygen atoms in total. The van der Waals surface area contributed by atoms with Crippen LogP contribution in [-0.2, 0) is 18.0 Å². The van der Waals surface area contributed by atoms with Crippen molar-refractivity contribution in [1.82, 2.24) is 33.7 Å². The quantitative estimate of drug-likeness (QED) is 0.288. The molecule has 0 bridgehead atoms. The van der Waals surface area contributed by atoms with Crippen molar-refractivity contribution in [1.29, 1.82) is 0 Å². The third-order valence-electron chi connectivity index (χ3n) is 6.81. The molecule has 1 atom stereocenters. The van der Waals surface area contributed by atoms with Gasteiger partial charge in [0.05, 0.1) is 30.6 Å². The van der Waals surface area contributed by atoms with E-state index in [0.29, 0.717) is 42.0 Å². The van der Waals surface area contributed by atoms with Gasteiger partial charge in [0.15, 0.2) is 28.5 Å². The number of hydrogen-bond donors (Lipinski definition) is 2. The second-order valence-electron chi connectivity index (χ2n) is 9.38. The van der Waals surface area contributed by atoms with Crippen molar-refractivity contribution >= 4 is 45.7 Å². The van der Waals surface area contributed by atoms with Gasteiger partial charge in [-0.3, -0.25) is 4.79 Å². The zero-order valence-electron chi connectivity index (χ0n) is 21.7. The van der Waals surface area contributed by atoms with E-state index in [1.54, 1.807) is 31.0 Å². The highest BCUT2D eigenvalue weighted by molar-refractivity contribution is 6.36. The van der Waals surface area contributed by atoms with Gasteiger partial charge in [0.1, 0.15) is 16.2 Å². The molecule has 0 radical (unpaired) electrons. The molecule has 41 heavy (non-hydrogen) atoms. The van der Waals surface area contributed by atoms with E-state index in [2.05, 4.69) is 30.7 Å². The number of rotatable bonds is 6. The first-order chi connectivity index (χ1) is 19.7. The summed E-state index contributed by atoms with van der Waals surface area (Å²) >= 11 is 6.71. The van der Waals surface area contributed by atoms with E-state index in [1.807, 2.05) is 0 Å². The van der Waals surface area contributed by atoms with E-state index >= 15 is 0 Å². The number of ether oxygens (including phenoxy) is 2. The Morgan fingerprint density at radius 2 is 2.02 bits per heavy atom.